The summed E-state index contributed by atoms with van der Waals surface area (Å²) in [6.07, 6.45) is 0. The van der Waals surface area contributed by atoms with Gasteiger partial charge in [0, 0.05) is 16.3 Å². The summed E-state index contributed by atoms with van der Waals surface area (Å²) < 4.78 is 17.3. The highest BCUT2D eigenvalue weighted by Crippen LogP contribution is 2.40. The van der Waals surface area contributed by atoms with Crippen LogP contribution in [0.25, 0.3) is 43.5 Å². The van der Waals surface area contributed by atoms with Crippen LogP contribution >= 0.6 is 0 Å². The molecule has 0 spiro atoms. The van der Waals surface area contributed by atoms with Gasteiger partial charge in [-0.3, -0.25) is 0 Å². The van der Waals surface area contributed by atoms with Crippen LogP contribution in [-0.2, 0) is 0 Å². The minimum atomic E-state index is -0.786. The summed E-state index contributed by atoms with van der Waals surface area (Å²) >= 11 is 0. The van der Waals surface area contributed by atoms with Crippen molar-refractivity contribution in [1.29, 1.82) is 5.26 Å². The van der Waals surface area contributed by atoms with Crippen molar-refractivity contribution in [1.82, 2.24) is 4.57 Å². The Morgan fingerprint density at radius 2 is 1.40 bits per heavy atom. The first kappa shape index (κ1) is 17.7. The highest BCUT2D eigenvalue weighted by molar-refractivity contribution is 6.09. The average molecular weight is 387 g/mol. The summed E-state index contributed by atoms with van der Waals surface area (Å²) in [6.45, 7) is 7.65. The summed E-state index contributed by atoms with van der Waals surface area (Å²) in [6, 6.07) is 28.7. The second-order valence-corrected chi connectivity index (χ2v) is 6.94. The van der Waals surface area contributed by atoms with Gasteiger partial charge >= 0.3 is 0 Å². The third-order valence-electron chi connectivity index (χ3n) is 5.35. The van der Waals surface area contributed by atoms with Crippen molar-refractivity contribution >= 4 is 27.5 Å². The van der Waals surface area contributed by atoms with Crippen molar-refractivity contribution in [3.8, 4) is 22.9 Å². The Labute approximate surface area is 172 Å². The molecule has 0 aliphatic rings. The quantitative estimate of drug-likeness (QED) is 0.300. The van der Waals surface area contributed by atoms with E-state index in [-0.39, 0.29) is 11.3 Å². The Bertz CT molecular complexity index is 1460. The van der Waals surface area contributed by atoms with E-state index in [0.29, 0.717) is 11.3 Å². The van der Waals surface area contributed by atoms with Crippen molar-refractivity contribution in [2.75, 3.05) is 0 Å². The van der Waals surface area contributed by atoms with Gasteiger partial charge in [-0.1, -0.05) is 66.7 Å². The number of rotatable bonds is 2. The SMILES string of the molecule is [C-]#[N+]c1c(-n2c3ccccc3c3ccccc32)cc(-c2ccccc2)c(C#N)c1F. The third-order valence-corrected chi connectivity index (χ3v) is 5.35. The summed E-state index contributed by atoms with van der Waals surface area (Å²) in [7, 11) is 0. The number of nitrogens with zero attached hydrogens (tertiary/aromatic N) is 3. The largest absolute Gasteiger partial charge is 0.319 e. The number of halogens is 1. The van der Waals surface area contributed by atoms with Gasteiger partial charge in [0.15, 0.2) is 5.82 Å². The van der Waals surface area contributed by atoms with Crippen molar-refractivity contribution in [3.05, 3.63) is 108 Å². The van der Waals surface area contributed by atoms with Crippen molar-refractivity contribution in [3.63, 3.8) is 0 Å². The Hall–Kier alpha value is -4.41. The molecule has 4 aromatic carbocycles. The zero-order valence-corrected chi connectivity index (χ0v) is 15.8. The molecule has 1 aromatic heterocycles. The molecule has 0 N–H and O–H groups in total. The maximum absolute atomic E-state index is 15.4. The third kappa shape index (κ3) is 2.49. The van der Waals surface area contributed by atoms with E-state index < -0.39 is 5.82 Å². The molecule has 5 aromatic rings. The molecule has 1 heterocycles. The van der Waals surface area contributed by atoms with E-state index in [2.05, 4.69) is 4.85 Å². The highest BCUT2D eigenvalue weighted by atomic mass is 19.1. The lowest BCUT2D eigenvalue weighted by molar-refractivity contribution is 0.629. The van der Waals surface area contributed by atoms with Gasteiger partial charge in [-0.05, 0) is 23.8 Å². The van der Waals surface area contributed by atoms with Crippen LogP contribution in [0.4, 0.5) is 10.1 Å². The van der Waals surface area contributed by atoms with E-state index in [1.165, 1.54) is 0 Å². The first-order valence-electron chi connectivity index (χ1n) is 9.42. The van der Waals surface area contributed by atoms with Gasteiger partial charge in [0.05, 0.1) is 28.9 Å². The number of para-hydroxylation sites is 2. The molecule has 0 bridgehead atoms. The predicted octanol–water partition coefficient (Wildman–Crippen LogP) is 7.01. The number of nitriles is 1. The summed E-state index contributed by atoms with van der Waals surface area (Å²) in [5.74, 6) is -0.786. The highest BCUT2D eigenvalue weighted by Gasteiger charge is 2.23. The molecule has 4 heteroatoms. The second-order valence-electron chi connectivity index (χ2n) is 6.94. The molecule has 0 aliphatic heterocycles. The van der Waals surface area contributed by atoms with Crippen LogP contribution in [0.15, 0.2) is 84.9 Å². The van der Waals surface area contributed by atoms with Gasteiger partial charge in [0.2, 0.25) is 5.69 Å². The van der Waals surface area contributed by atoms with Gasteiger partial charge in [-0.15, -0.1) is 0 Å². The molecule has 0 unspecified atom stereocenters. The Morgan fingerprint density at radius 1 is 0.833 bits per heavy atom. The lowest BCUT2D eigenvalue weighted by Crippen LogP contribution is -2.00. The first-order valence-corrected chi connectivity index (χ1v) is 9.42. The number of fused-ring (bicyclic) bond motifs is 3. The lowest BCUT2D eigenvalue weighted by atomic mass is 9.97. The molecular formula is C26H14FN3. The van der Waals surface area contributed by atoms with Crippen molar-refractivity contribution < 1.29 is 4.39 Å². The van der Waals surface area contributed by atoms with Crippen LogP contribution in [-0.4, -0.2) is 4.57 Å². The minimum Gasteiger partial charge on any atom is -0.319 e. The number of hydrogen-bond acceptors (Lipinski definition) is 1. The fourth-order valence-corrected chi connectivity index (χ4v) is 4.04. The molecule has 30 heavy (non-hydrogen) atoms. The topological polar surface area (TPSA) is 33.1 Å². The molecule has 0 saturated heterocycles. The second kappa shape index (κ2) is 6.88. The van der Waals surface area contributed by atoms with E-state index >= 15 is 4.39 Å². The van der Waals surface area contributed by atoms with E-state index in [0.717, 1.165) is 27.4 Å². The van der Waals surface area contributed by atoms with Crippen LogP contribution in [0.3, 0.4) is 0 Å². The van der Waals surface area contributed by atoms with Crippen molar-refractivity contribution in [2.45, 2.75) is 0 Å². The molecule has 0 saturated carbocycles. The molecule has 140 valence electrons. The maximum atomic E-state index is 15.4. The fraction of sp³-hybridized carbons (Fsp3) is 0. The van der Waals surface area contributed by atoms with Crippen LogP contribution in [0, 0.1) is 23.7 Å². The molecule has 0 fully saturated rings. The molecule has 0 radical (unpaired) electrons. The minimum absolute atomic E-state index is 0.114. The first-order chi connectivity index (χ1) is 14.7. The Balaban J connectivity index is 1.97. The number of aromatic nitrogens is 1. The van der Waals surface area contributed by atoms with E-state index in [9.17, 15) is 5.26 Å². The molecule has 3 nitrogen and oxygen atoms in total. The zero-order chi connectivity index (χ0) is 20.7. The van der Waals surface area contributed by atoms with Crippen LogP contribution in [0.2, 0.25) is 0 Å². The van der Waals surface area contributed by atoms with Crippen molar-refractivity contribution in [2.24, 2.45) is 0 Å². The molecule has 0 amide bonds. The average Bonchev–Trinajstić information content (AvgIpc) is 3.13. The van der Waals surface area contributed by atoms with Crippen LogP contribution < -0.4 is 0 Å². The van der Waals surface area contributed by atoms with Crippen LogP contribution in [0.5, 0.6) is 0 Å². The van der Waals surface area contributed by atoms with Gasteiger partial charge < -0.3 is 4.57 Å². The molecule has 0 aliphatic carbocycles. The fourth-order valence-electron chi connectivity index (χ4n) is 4.04. The Morgan fingerprint density at radius 3 is 1.97 bits per heavy atom. The smallest absolute Gasteiger partial charge is 0.246 e. The maximum Gasteiger partial charge on any atom is 0.246 e. The van der Waals surface area contributed by atoms with E-state index in [1.807, 2.05) is 89.5 Å². The summed E-state index contributed by atoms with van der Waals surface area (Å²) in [4.78, 5) is 3.49. The number of hydrogen-bond donors (Lipinski definition) is 0. The van der Waals surface area contributed by atoms with Gasteiger partial charge in [-0.2, -0.15) is 5.26 Å². The zero-order valence-electron chi connectivity index (χ0n) is 15.8. The molecule has 0 atom stereocenters. The molecule has 5 rings (SSSR count). The van der Waals surface area contributed by atoms with Gasteiger partial charge in [0.25, 0.3) is 0 Å². The summed E-state index contributed by atoms with van der Waals surface area (Å²) in [5.41, 5.74) is 3.12. The predicted molar refractivity (Wildman–Crippen MR) is 117 cm³/mol. The normalized spacial score (nSPS) is 10.8. The monoisotopic (exact) mass is 387 g/mol. The van der Waals surface area contributed by atoms with E-state index in [4.69, 9.17) is 6.57 Å². The Kier molecular flexibility index (Phi) is 4.05. The lowest BCUT2D eigenvalue weighted by Gasteiger charge is -2.15. The standard InChI is InChI=1S/C26H14FN3/c1-29-26-24(15-20(21(16-28)25(26)27)17-9-3-2-4-10-17)30-22-13-7-5-11-18(22)19-12-6-8-14-23(19)30/h2-15H. The van der Waals surface area contributed by atoms with E-state index in [1.54, 1.807) is 6.07 Å². The van der Waals surface area contributed by atoms with Crippen LogP contribution in [0.1, 0.15) is 5.56 Å². The van der Waals surface area contributed by atoms with Gasteiger partial charge in [0.1, 0.15) is 6.07 Å². The summed E-state index contributed by atoms with van der Waals surface area (Å²) in [5, 5.41) is 11.7. The molecular weight excluding hydrogens is 373 g/mol. The number of benzene rings is 4. The van der Waals surface area contributed by atoms with Gasteiger partial charge in [-0.25, -0.2) is 9.24 Å².